The van der Waals surface area contributed by atoms with Crippen LogP contribution in [-0.2, 0) is 43.6 Å². The molecule has 0 aliphatic carbocycles. The molecule has 538 valence electrons. The fraction of sp³-hybridized carbons (Fsp3) is 0.588. The van der Waals surface area contributed by atoms with Crippen LogP contribution in [0.25, 0.3) is 0 Å². The van der Waals surface area contributed by atoms with Crippen molar-refractivity contribution in [1.82, 2.24) is 16.0 Å². The zero-order valence-corrected chi connectivity index (χ0v) is 56.2. The van der Waals surface area contributed by atoms with Gasteiger partial charge in [-0.3, -0.25) is 4.79 Å². The van der Waals surface area contributed by atoms with Gasteiger partial charge in [-0.15, -0.1) is 0 Å². The van der Waals surface area contributed by atoms with E-state index in [1.807, 2.05) is 38.1 Å². The molecule has 0 saturated carbocycles. The summed E-state index contributed by atoms with van der Waals surface area (Å²) in [6.07, 6.45) is 9.09. The summed E-state index contributed by atoms with van der Waals surface area (Å²) in [7, 11) is 2.99. The lowest BCUT2D eigenvalue weighted by Gasteiger charge is -2.27. The van der Waals surface area contributed by atoms with Gasteiger partial charge in [-0.1, -0.05) is 84.6 Å². The summed E-state index contributed by atoms with van der Waals surface area (Å²) in [5.74, 6) is -0.448. The van der Waals surface area contributed by atoms with E-state index in [1.165, 1.54) is 26.4 Å². The summed E-state index contributed by atoms with van der Waals surface area (Å²) in [6.45, 7) is 3.89. The number of aryl methyl sites for hydroxylation is 4. The zero-order valence-electron chi connectivity index (χ0n) is 56.2. The van der Waals surface area contributed by atoms with Crippen LogP contribution in [0.3, 0.4) is 0 Å². The number of nitrogens with one attached hydrogen (secondary N) is 3. The summed E-state index contributed by atoms with van der Waals surface area (Å²) in [5, 5.41) is 149. The van der Waals surface area contributed by atoms with Gasteiger partial charge in [0.05, 0.1) is 127 Å². The minimum absolute atomic E-state index is 0.00187. The second-order valence-electron chi connectivity index (χ2n) is 23.4. The van der Waals surface area contributed by atoms with Gasteiger partial charge in [-0.05, 0) is 110 Å². The molecular formula is C68H107N3O24. The van der Waals surface area contributed by atoms with E-state index in [9.17, 15) is 95.8 Å². The number of carbonyl (C=O) groups is 4. The number of amides is 3. The maximum absolute atomic E-state index is 12.3. The number of benzene rings is 4. The number of phenols is 2. The largest absolute Gasteiger partial charge is 0.507 e. The minimum Gasteiger partial charge on any atom is -0.507 e. The van der Waals surface area contributed by atoms with Crippen molar-refractivity contribution in [1.29, 1.82) is 0 Å². The molecule has 0 fully saturated rings. The van der Waals surface area contributed by atoms with E-state index in [2.05, 4.69) is 29.8 Å². The molecule has 0 saturated heterocycles. The number of unbranched alkanes of at least 4 members (excludes halogenated alkanes) is 3. The molecule has 0 radical (unpaired) electrons. The third-order valence-corrected chi connectivity index (χ3v) is 16.1. The lowest BCUT2D eigenvalue weighted by atomic mass is 9.88. The molecule has 27 heteroatoms. The standard InChI is InChI=1S/C18H28O6.2C17H27NO6.C16H25NO6/c1-3-5-6-13-7-8-14(16(22)15(13)9-19)17(23)24-12-18(4-2,10-20)11-21;1-3-4-5-13-6-7-14(15(8-13)23-2)24-16(22)18-9-17(10-19,11-20)12-21;1-2-3-4-12-5-6-13(15(23)14(12)7-19)16(24)18-8-17(9-20,10-21)11-22;1-3-4-12-5-6-13(14(7-12)22-2)23-15(21)17-8-16(9-18,10-19)11-20/h7-8,19-22H,3-6,9-12H2,1-2H3;6-8,19-21H,3-5,9-12H2,1-2H3,(H,18,22);5-6,19-23H,2-4,7-11H2,1H3,(H,18,24);5-7,18-20H,3-4,8-11H2,1-2H3,(H,17,21). The van der Waals surface area contributed by atoms with Crippen LogP contribution in [0.15, 0.2) is 60.7 Å². The van der Waals surface area contributed by atoms with Gasteiger partial charge < -0.3 is 116 Å². The van der Waals surface area contributed by atoms with Crippen LogP contribution in [0, 0.1) is 21.7 Å². The molecule has 3 amide bonds. The summed E-state index contributed by atoms with van der Waals surface area (Å²) in [5.41, 5.74) is -0.0800. The first-order valence-electron chi connectivity index (χ1n) is 31.8. The van der Waals surface area contributed by atoms with Crippen molar-refractivity contribution in [2.24, 2.45) is 21.7 Å². The number of esters is 1. The highest BCUT2D eigenvalue weighted by atomic mass is 16.6. The van der Waals surface area contributed by atoms with Gasteiger partial charge in [-0.2, -0.15) is 0 Å². The highest BCUT2D eigenvalue weighted by molar-refractivity contribution is 5.97. The predicted octanol–water partition coefficient (Wildman–Crippen LogP) is 3.47. The van der Waals surface area contributed by atoms with E-state index in [-0.39, 0.29) is 86.8 Å². The van der Waals surface area contributed by atoms with E-state index in [0.717, 1.165) is 80.0 Å². The summed E-state index contributed by atoms with van der Waals surface area (Å²) >= 11 is 0. The fourth-order valence-corrected chi connectivity index (χ4v) is 8.70. The molecule has 0 aliphatic heterocycles. The molecule has 0 unspecified atom stereocenters. The van der Waals surface area contributed by atoms with Crippen LogP contribution in [0.1, 0.15) is 140 Å². The number of hydrogen-bond acceptors (Lipinski definition) is 24. The van der Waals surface area contributed by atoms with E-state index in [1.54, 1.807) is 31.2 Å². The Labute approximate surface area is 556 Å². The van der Waals surface area contributed by atoms with Gasteiger partial charge in [0.15, 0.2) is 23.0 Å². The molecule has 18 N–H and O–H groups in total. The summed E-state index contributed by atoms with van der Waals surface area (Å²) in [6, 6.07) is 17.1. The van der Waals surface area contributed by atoms with Gasteiger partial charge in [-0.25, -0.2) is 14.4 Å². The highest BCUT2D eigenvalue weighted by Gasteiger charge is 2.33. The van der Waals surface area contributed by atoms with Crippen molar-refractivity contribution in [3.63, 3.8) is 0 Å². The molecule has 4 aromatic carbocycles. The molecule has 0 aromatic heterocycles. The van der Waals surface area contributed by atoms with Gasteiger partial charge in [0.1, 0.15) is 23.7 Å². The number of hydrogen-bond donors (Lipinski definition) is 18. The van der Waals surface area contributed by atoms with E-state index in [4.69, 9.17) is 23.7 Å². The molecule has 0 spiro atoms. The first-order chi connectivity index (χ1) is 45.5. The second kappa shape index (κ2) is 46.2. The molecule has 95 heavy (non-hydrogen) atoms. The molecule has 0 atom stereocenters. The number of aliphatic hydroxyl groups excluding tert-OH is 13. The Morgan fingerprint density at radius 3 is 1.12 bits per heavy atom. The molecule has 4 rings (SSSR count). The monoisotopic (exact) mass is 1350 g/mol. The average Bonchev–Trinajstić information content (AvgIpc) is 0.938. The molecule has 0 heterocycles. The minimum atomic E-state index is -1.23. The Hall–Kier alpha value is -6.96. The Morgan fingerprint density at radius 2 is 0.768 bits per heavy atom. The van der Waals surface area contributed by atoms with Crippen molar-refractivity contribution >= 4 is 24.1 Å². The number of methoxy groups -OCH3 is 2. The van der Waals surface area contributed by atoms with Crippen molar-refractivity contribution in [2.45, 2.75) is 125 Å². The van der Waals surface area contributed by atoms with Crippen LogP contribution in [-0.4, -0.2) is 214 Å². The van der Waals surface area contributed by atoms with E-state index < -0.39 is 105 Å². The summed E-state index contributed by atoms with van der Waals surface area (Å²) in [4.78, 5) is 48.2. The third-order valence-electron chi connectivity index (χ3n) is 16.1. The van der Waals surface area contributed by atoms with Crippen molar-refractivity contribution in [3.8, 4) is 34.5 Å². The van der Waals surface area contributed by atoms with Gasteiger partial charge in [0.2, 0.25) is 0 Å². The van der Waals surface area contributed by atoms with Gasteiger partial charge >= 0.3 is 18.2 Å². The van der Waals surface area contributed by atoms with Gasteiger partial charge in [0.25, 0.3) is 5.91 Å². The van der Waals surface area contributed by atoms with Gasteiger partial charge in [0, 0.05) is 30.8 Å². The number of carbonyl (C=O) groups excluding carboxylic acids is 4. The second-order valence-corrected chi connectivity index (χ2v) is 23.4. The molecule has 4 aromatic rings. The van der Waals surface area contributed by atoms with E-state index in [0.29, 0.717) is 41.9 Å². The number of aliphatic hydroxyl groups is 13. The molecule has 0 aliphatic rings. The topological polar surface area (TPSA) is 454 Å². The van der Waals surface area contributed by atoms with Crippen LogP contribution in [0.5, 0.6) is 34.5 Å². The third kappa shape index (κ3) is 27.2. The maximum atomic E-state index is 12.3. The molecule has 0 bridgehead atoms. The first-order valence-corrected chi connectivity index (χ1v) is 31.8. The van der Waals surface area contributed by atoms with E-state index >= 15 is 0 Å². The molecular weight excluding hydrogens is 1240 g/mol. The maximum Gasteiger partial charge on any atom is 0.412 e. The van der Waals surface area contributed by atoms with Crippen LogP contribution in [0.2, 0.25) is 0 Å². The lowest BCUT2D eigenvalue weighted by Crippen LogP contribution is -2.46. The SMILES string of the molecule is CCCCc1ccc(C(=O)NCC(CO)(CO)CO)c(O)c1CO.CCCCc1ccc(C(=O)OCC(CC)(CO)CO)c(O)c1CO.CCCCc1ccc(OC(=O)NCC(CO)(CO)CO)c(OC)c1.CCCc1ccc(OC(=O)NCC(CO)(CO)CO)c(OC)c1. The average molecular weight is 1350 g/mol. The Morgan fingerprint density at radius 1 is 0.411 bits per heavy atom. The zero-order chi connectivity index (χ0) is 71.6. The lowest BCUT2D eigenvalue weighted by molar-refractivity contribution is -0.0178. The van der Waals surface area contributed by atoms with Crippen LogP contribution < -0.4 is 34.9 Å². The van der Waals surface area contributed by atoms with Crippen molar-refractivity contribution in [2.75, 3.05) is 113 Å². The Bertz CT molecular complexity index is 2730. The van der Waals surface area contributed by atoms with Crippen molar-refractivity contribution in [3.05, 3.63) is 105 Å². The fourth-order valence-electron chi connectivity index (χ4n) is 8.70. The number of ether oxygens (including phenoxy) is 5. The quantitative estimate of drug-likeness (QED) is 0.0284. The van der Waals surface area contributed by atoms with Crippen molar-refractivity contribution < 1.29 is 119 Å². The predicted molar refractivity (Wildman–Crippen MR) is 353 cm³/mol. The first kappa shape index (κ1) is 86.1. The Kier molecular flexibility index (Phi) is 41.9. The summed E-state index contributed by atoms with van der Waals surface area (Å²) < 4.78 is 26.0. The highest BCUT2D eigenvalue weighted by Crippen LogP contribution is 2.33. The van der Waals surface area contributed by atoms with Crippen LogP contribution >= 0.6 is 0 Å². The number of aromatic hydroxyl groups is 2. The Balaban J connectivity index is 0.000000633. The smallest absolute Gasteiger partial charge is 0.412 e. The number of rotatable bonds is 39. The van der Waals surface area contributed by atoms with Crippen LogP contribution in [0.4, 0.5) is 9.59 Å². The molecule has 27 nitrogen and oxygen atoms in total. The normalized spacial score (nSPS) is 11.4.